The predicted octanol–water partition coefficient (Wildman–Crippen LogP) is 0.355. The zero-order valence-electron chi connectivity index (χ0n) is 7.45. The van der Waals surface area contributed by atoms with Gasteiger partial charge in [-0.1, -0.05) is 0 Å². The number of aryl methyl sites for hydroxylation is 1. The van der Waals surface area contributed by atoms with Gasteiger partial charge in [-0.25, -0.2) is 10.8 Å². The second-order valence-corrected chi connectivity index (χ2v) is 3.12. The first kappa shape index (κ1) is 8.25. The normalized spacial score (nSPS) is 17.5. The number of hydrazine groups is 1. The Balaban J connectivity index is 2.25. The fourth-order valence-corrected chi connectivity index (χ4v) is 1.08. The van der Waals surface area contributed by atoms with Crippen LogP contribution in [-0.2, 0) is 0 Å². The molecule has 13 heavy (non-hydrogen) atoms. The SMILES string of the molecule is Cc1ncoc1C(=NC1CC1)NN. The summed E-state index contributed by atoms with van der Waals surface area (Å²) >= 11 is 0. The number of aliphatic imine (C=N–C) groups is 1. The van der Waals surface area contributed by atoms with E-state index in [2.05, 4.69) is 15.4 Å². The molecule has 1 saturated carbocycles. The number of aromatic nitrogens is 1. The van der Waals surface area contributed by atoms with Crippen LogP contribution in [-0.4, -0.2) is 16.9 Å². The van der Waals surface area contributed by atoms with E-state index in [9.17, 15) is 0 Å². The summed E-state index contributed by atoms with van der Waals surface area (Å²) < 4.78 is 5.16. The molecule has 0 radical (unpaired) electrons. The van der Waals surface area contributed by atoms with Crippen LogP contribution in [0.5, 0.6) is 0 Å². The lowest BCUT2D eigenvalue weighted by molar-refractivity contribution is 0.543. The van der Waals surface area contributed by atoms with Crippen LogP contribution in [0.4, 0.5) is 0 Å². The summed E-state index contributed by atoms with van der Waals surface area (Å²) in [6.07, 6.45) is 3.67. The third-order valence-electron chi connectivity index (χ3n) is 1.96. The Bertz CT molecular complexity index is 327. The molecule has 70 valence electrons. The standard InChI is InChI=1S/C8H12N4O/c1-5-7(13-4-10-5)8(12-9)11-6-2-3-6/h4,6H,2-3,9H2,1H3,(H,11,12). The molecule has 0 bridgehead atoms. The number of rotatable bonds is 2. The molecule has 0 aliphatic heterocycles. The fourth-order valence-electron chi connectivity index (χ4n) is 1.08. The third kappa shape index (κ3) is 1.70. The molecule has 0 unspecified atom stereocenters. The van der Waals surface area contributed by atoms with Crippen LogP contribution in [0.15, 0.2) is 15.8 Å². The van der Waals surface area contributed by atoms with Gasteiger partial charge in [0.2, 0.25) is 0 Å². The number of nitrogens with zero attached hydrogens (tertiary/aromatic N) is 2. The lowest BCUT2D eigenvalue weighted by Crippen LogP contribution is -2.31. The highest BCUT2D eigenvalue weighted by Gasteiger charge is 2.22. The summed E-state index contributed by atoms with van der Waals surface area (Å²) in [5.41, 5.74) is 3.34. The van der Waals surface area contributed by atoms with Gasteiger partial charge in [-0.15, -0.1) is 0 Å². The summed E-state index contributed by atoms with van der Waals surface area (Å²) in [6.45, 7) is 1.86. The van der Waals surface area contributed by atoms with E-state index in [0.717, 1.165) is 18.5 Å². The van der Waals surface area contributed by atoms with E-state index in [1.54, 1.807) is 0 Å². The van der Waals surface area contributed by atoms with Gasteiger partial charge >= 0.3 is 0 Å². The maximum absolute atomic E-state index is 5.34. The number of nitrogens with one attached hydrogen (secondary N) is 1. The molecule has 5 nitrogen and oxygen atoms in total. The van der Waals surface area contributed by atoms with Crippen molar-refractivity contribution in [3.63, 3.8) is 0 Å². The van der Waals surface area contributed by atoms with Crippen LogP contribution >= 0.6 is 0 Å². The van der Waals surface area contributed by atoms with Crippen molar-refractivity contribution < 1.29 is 4.42 Å². The molecule has 5 heteroatoms. The predicted molar refractivity (Wildman–Crippen MR) is 48.1 cm³/mol. The quantitative estimate of drug-likeness (QED) is 0.298. The summed E-state index contributed by atoms with van der Waals surface area (Å²) in [5, 5.41) is 0. The van der Waals surface area contributed by atoms with Gasteiger partial charge < -0.3 is 9.84 Å². The average molecular weight is 180 g/mol. The summed E-state index contributed by atoms with van der Waals surface area (Å²) in [6, 6.07) is 0.413. The minimum atomic E-state index is 0.413. The van der Waals surface area contributed by atoms with Gasteiger partial charge in [-0.2, -0.15) is 0 Å². The molecular weight excluding hydrogens is 168 g/mol. The fraction of sp³-hybridized carbons (Fsp3) is 0.500. The Morgan fingerprint density at radius 1 is 1.77 bits per heavy atom. The van der Waals surface area contributed by atoms with Crippen LogP contribution in [0, 0.1) is 6.92 Å². The van der Waals surface area contributed by atoms with Crippen molar-refractivity contribution in [1.29, 1.82) is 0 Å². The third-order valence-corrected chi connectivity index (χ3v) is 1.96. The van der Waals surface area contributed by atoms with Crippen LogP contribution < -0.4 is 11.3 Å². The number of hydrogen-bond donors (Lipinski definition) is 2. The number of nitrogens with two attached hydrogens (primary N) is 1. The van der Waals surface area contributed by atoms with Gasteiger partial charge in [0.25, 0.3) is 0 Å². The lowest BCUT2D eigenvalue weighted by atomic mass is 10.3. The second-order valence-electron chi connectivity index (χ2n) is 3.12. The van der Waals surface area contributed by atoms with Crippen molar-refractivity contribution >= 4 is 5.84 Å². The molecule has 1 aromatic rings. The molecule has 0 saturated heterocycles. The summed E-state index contributed by atoms with van der Waals surface area (Å²) in [4.78, 5) is 8.33. The van der Waals surface area contributed by atoms with E-state index in [-0.39, 0.29) is 0 Å². The molecule has 1 aromatic heterocycles. The molecule has 0 aromatic carbocycles. The van der Waals surface area contributed by atoms with Crippen molar-refractivity contribution in [3.05, 3.63) is 17.8 Å². The van der Waals surface area contributed by atoms with Crippen LogP contribution in [0.3, 0.4) is 0 Å². The maximum atomic E-state index is 5.34. The van der Waals surface area contributed by atoms with Crippen molar-refractivity contribution in [3.8, 4) is 0 Å². The highest BCUT2D eigenvalue weighted by molar-refractivity contribution is 5.96. The Hall–Kier alpha value is -1.36. The van der Waals surface area contributed by atoms with E-state index < -0.39 is 0 Å². The minimum Gasteiger partial charge on any atom is -0.440 e. The molecule has 1 aliphatic rings. The zero-order valence-corrected chi connectivity index (χ0v) is 7.45. The molecule has 3 N–H and O–H groups in total. The minimum absolute atomic E-state index is 0.413. The van der Waals surface area contributed by atoms with Gasteiger partial charge in [0.1, 0.15) is 0 Å². The molecule has 0 amide bonds. The zero-order chi connectivity index (χ0) is 9.26. The van der Waals surface area contributed by atoms with Crippen LogP contribution in [0.2, 0.25) is 0 Å². The van der Waals surface area contributed by atoms with Crippen LogP contribution in [0.25, 0.3) is 0 Å². The van der Waals surface area contributed by atoms with E-state index in [1.807, 2.05) is 6.92 Å². The largest absolute Gasteiger partial charge is 0.440 e. The Kier molecular flexibility index (Phi) is 2.02. The lowest BCUT2D eigenvalue weighted by Gasteiger charge is -2.01. The van der Waals surface area contributed by atoms with Crippen molar-refractivity contribution in [1.82, 2.24) is 10.4 Å². The highest BCUT2D eigenvalue weighted by atomic mass is 16.3. The Morgan fingerprint density at radius 2 is 2.54 bits per heavy atom. The monoisotopic (exact) mass is 180 g/mol. The van der Waals surface area contributed by atoms with Crippen molar-refractivity contribution in [2.24, 2.45) is 10.8 Å². The topological polar surface area (TPSA) is 76.4 Å². The molecule has 2 rings (SSSR count). The highest BCUT2D eigenvalue weighted by Crippen LogP contribution is 2.24. The van der Waals surface area contributed by atoms with E-state index >= 15 is 0 Å². The van der Waals surface area contributed by atoms with Gasteiger partial charge in [-0.3, -0.25) is 4.99 Å². The van der Waals surface area contributed by atoms with Gasteiger partial charge in [-0.05, 0) is 19.8 Å². The number of amidine groups is 1. The van der Waals surface area contributed by atoms with E-state index in [1.165, 1.54) is 6.39 Å². The van der Waals surface area contributed by atoms with Crippen LogP contribution in [0.1, 0.15) is 24.3 Å². The summed E-state index contributed by atoms with van der Waals surface area (Å²) in [7, 11) is 0. The van der Waals surface area contributed by atoms with Crippen molar-refractivity contribution in [2.45, 2.75) is 25.8 Å². The smallest absolute Gasteiger partial charge is 0.193 e. The Morgan fingerprint density at radius 3 is 3.00 bits per heavy atom. The Labute approximate surface area is 76.0 Å². The average Bonchev–Trinajstić information content (AvgIpc) is 2.85. The molecule has 1 aliphatic carbocycles. The molecular formula is C8H12N4O. The first-order valence-electron chi connectivity index (χ1n) is 4.26. The number of hydrogen-bond acceptors (Lipinski definition) is 4. The first-order valence-corrected chi connectivity index (χ1v) is 4.26. The second kappa shape index (κ2) is 3.18. The molecule has 1 fully saturated rings. The number of oxazole rings is 1. The van der Waals surface area contributed by atoms with Gasteiger partial charge in [0, 0.05) is 0 Å². The maximum Gasteiger partial charge on any atom is 0.193 e. The summed E-state index contributed by atoms with van der Waals surface area (Å²) in [5.74, 6) is 6.57. The van der Waals surface area contributed by atoms with Gasteiger partial charge in [0.05, 0.1) is 11.7 Å². The van der Waals surface area contributed by atoms with Crippen molar-refractivity contribution in [2.75, 3.05) is 0 Å². The molecule has 0 spiro atoms. The molecule has 1 heterocycles. The van der Waals surface area contributed by atoms with Gasteiger partial charge in [0.15, 0.2) is 18.0 Å². The molecule has 0 atom stereocenters. The van der Waals surface area contributed by atoms with E-state index in [0.29, 0.717) is 17.6 Å². The first-order chi connectivity index (χ1) is 6.31. The van der Waals surface area contributed by atoms with E-state index in [4.69, 9.17) is 10.3 Å².